The van der Waals surface area contributed by atoms with Crippen LogP contribution >= 0.6 is 24.0 Å². The number of anilines is 1. The standard InChI is InChI=1S/C18H21ClFN5O.ClH/c1-25-18(22-16(24-25)10-5-7-21-8-6-10)23-17(26)12-9-11(12)15-13(19)3-2-4-14(15)20;/h2-4,10-12,21H,5-9H2,1H3,(H,22,23,24,26);1H. The van der Waals surface area contributed by atoms with Crippen LogP contribution in [-0.2, 0) is 11.8 Å². The molecule has 2 aliphatic rings. The quantitative estimate of drug-likeness (QED) is 0.806. The van der Waals surface area contributed by atoms with Crippen LogP contribution in [0.5, 0.6) is 0 Å². The van der Waals surface area contributed by atoms with Crippen LogP contribution in [0.2, 0.25) is 5.02 Å². The molecule has 0 spiro atoms. The van der Waals surface area contributed by atoms with Gasteiger partial charge in [-0.15, -0.1) is 12.4 Å². The predicted octanol–water partition coefficient (Wildman–Crippen LogP) is 3.24. The molecule has 1 aromatic carbocycles. The van der Waals surface area contributed by atoms with Gasteiger partial charge in [-0.25, -0.2) is 9.07 Å². The van der Waals surface area contributed by atoms with Crippen molar-refractivity contribution in [3.8, 4) is 0 Å². The summed E-state index contributed by atoms with van der Waals surface area (Å²) in [7, 11) is 1.77. The molecule has 1 aliphatic heterocycles. The zero-order chi connectivity index (χ0) is 18.3. The highest BCUT2D eigenvalue weighted by Gasteiger charge is 2.46. The number of nitrogens with zero attached hydrogens (tertiary/aromatic N) is 3. The van der Waals surface area contributed by atoms with Crippen LogP contribution in [0.4, 0.5) is 10.3 Å². The summed E-state index contributed by atoms with van der Waals surface area (Å²) in [6.07, 6.45) is 2.58. The van der Waals surface area contributed by atoms with Crippen molar-refractivity contribution in [2.75, 3.05) is 18.4 Å². The van der Waals surface area contributed by atoms with E-state index in [-0.39, 0.29) is 36.0 Å². The number of amides is 1. The fourth-order valence-electron chi connectivity index (χ4n) is 3.64. The highest BCUT2D eigenvalue weighted by Crippen LogP contribution is 2.50. The van der Waals surface area contributed by atoms with Crippen molar-refractivity contribution >= 4 is 35.9 Å². The van der Waals surface area contributed by atoms with Crippen molar-refractivity contribution in [1.29, 1.82) is 0 Å². The zero-order valence-corrected chi connectivity index (χ0v) is 16.5. The first kappa shape index (κ1) is 20.0. The minimum atomic E-state index is -0.357. The Morgan fingerprint density at radius 1 is 1.37 bits per heavy atom. The highest BCUT2D eigenvalue weighted by molar-refractivity contribution is 6.31. The Hall–Kier alpha value is -1.70. The molecule has 1 saturated heterocycles. The molecule has 2 aromatic rings. The molecule has 0 radical (unpaired) electrons. The molecule has 2 heterocycles. The van der Waals surface area contributed by atoms with Crippen LogP contribution in [-0.4, -0.2) is 33.8 Å². The average molecular weight is 414 g/mol. The number of halogens is 3. The van der Waals surface area contributed by atoms with Gasteiger partial charge in [0.05, 0.1) is 0 Å². The molecule has 1 saturated carbocycles. The molecule has 1 aromatic heterocycles. The van der Waals surface area contributed by atoms with E-state index in [9.17, 15) is 9.18 Å². The van der Waals surface area contributed by atoms with Gasteiger partial charge < -0.3 is 5.32 Å². The van der Waals surface area contributed by atoms with Gasteiger partial charge in [-0.1, -0.05) is 17.7 Å². The topological polar surface area (TPSA) is 71.8 Å². The monoisotopic (exact) mass is 413 g/mol. The van der Waals surface area contributed by atoms with Gasteiger partial charge in [-0.2, -0.15) is 10.1 Å². The molecular weight excluding hydrogens is 392 g/mol. The third kappa shape index (κ3) is 4.10. The minimum absolute atomic E-state index is 0. The molecule has 2 N–H and O–H groups in total. The maximum absolute atomic E-state index is 14.0. The Kier molecular flexibility index (Phi) is 6.03. The van der Waals surface area contributed by atoms with Crippen molar-refractivity contribution in [2.24, 2.45) is 13.0 Å². The molecule has 2 atom stereocenters. The number of aromatic nitrogens is 3. The molecule has 27 heavy (non-hydrogen) atoms. The summed E-state index contributed by atoms with van der Waals surface area (Å²) in [4.78, 5) is 17.1. The number of benzene rings is 1. The number of hydrogen-bond donors (Lipinski definition) is 2. The van der Waals surface area contributed by atoms with Gasteiger partial charge in [-0.05, 0) is 44.5 Å². The van der Waals surface area contributed by atoms with E-state index in [1.54, 1.807) is 23.9 Å². The van der Waals surface area contributed by atoms with Crippen molar-refractivity contribution in [1.82, 2.24) is 20.1 Å². The van der Waals surface area contributed by atoms with E-state index in [0.717, 1.165) is 31.8 Å². The molecular formula is C18H22Cl2FN5O. The van der Waals surface area contributed by atoms with Crippen LogP contribution in [0.25, 0.3) is 0 Å². The maximum Gasteiger partial charge on any atom is 0.230 e. The van der Waals surface area contributed by atoms with E-state index >= 15 is 0 Å². The van der Waals surface area contributed by atoms with Gasteiger partial charge in [0.25, 0.3) is 0 Å². The van der Waals surface area contributed by atoms with Gasteiger partial charge in [0, 0.05) is 35.4 Å². The number of hydrogen-bond acceptors (Lipinski definition) is 4. The Bertz CT molecular complexity index is 817. The van der Waals surface area contributed by atoms with Gasteiger partial charge in [-0.3, -0.25) is 10.1 Å². The van der Waals surface area contributed by atoms with E-state index in [1.165, 1.54) is 6.07 Å². The van der Waals surface area contributed by atoms with Crippen molar-refractivity contribution < 1.29 is 9.18 Å². The van der Waals surface area contributed by atoms with Gasteiger partial charge in [0.2, 0.25) is 11.9 Å². The normalized spacial score (nSPS) is 22.2. The van der Waals surface area contributed by atoms with E-state index < -0.39 is 0 Å². The summed E-state index contributed by atoms with van der Waals surface area (Å²) in [6.45, 7) is 1.91. The van der Waals surface area contributed by atoms with Gasteiger partial charge >= 0.3 is 0 Å². The molecule has 1 amide bonds. The van der Waals surface area contributed by atoms with Crippen molar-refractivity contribution in [3.05, 3.63) is 40.4 Å². The average Bonchev–Trinajstić information content (AvgIpc) is 3.33. The third-order valence-electron chi connectivity index (χ3n) is 5.22. The molecule has 0 bridgehead atoms. The smallest absolute Gasteiger partial charge is 0.230 e. The molecule has 2 unspecified atom stereocenters. The van der Waals surface area contributed by atoms with Crippen LogP contribution in [0, 0.1) is 11.7 Å². The summed E-state index contributed by atoms with van der Waals surface area (Å²) < 4.78 is 15.6. The number of rotatable bonds is 4. The lowest BCUT2D eigenvalue weighted by Crippen LogP contribution is -2.27. The summed E-state index contributed by atoms with van der Waals surface area (Å²) in [5, 5.41) is 11.0. The Labute approximate surface area is 168 Å². The molecule has 146 valence electrons. The third-order valence-corrected chi connectivity index (χ3v) is 5.55. The van der Waals surface area contributed by atoms with Crippen molar-refractivity contribution in [2.45, 2.75) is 31.1 Å². The van der Waals surface area contributed by atoms with Crippen LogP contribution in [0.15, 0.2) is 18.2 Å². The van der Waals surface area contributed by atoms with Gasteiger partial charge in [0.1, 0.15) is 5.82 Å². The first-order chi connectivity index (χ1) is 12.5. The first-order valence-corrected chi connectivity index (χ1v) is 9.29. The second kappa shape index (κ2) is 8.12. The van der Waals surface area contributed by atoms with E-state index in [0.29, 0.717) is 28.9 Å². The lowest BCUT2D eigenvalue weighted by molar-refractivity contribution is -0.117. The summed E-state index contributed by atoms with van der Waals surface area (Å²) in [6, 6.07) is 4.60. The van der Waals surface area contributed by atoms with E-state index in [2.05, 4.69) is 20.7 Å². The first-order valence-electron chi connectivity index (χ1n) is 8.91. The molecule has 4 rings (SSSR count). The predicted molar refractivity (Wildman–Crippen MR) is 104 cm³/mol. The second-order valence-electron chi connectivity index (χ2n) is 7.01. The fourth-order valence-corrected chi connectivity index (χ4v) is 3.94. The largest absolute Gasteiger partial charge is 0.317 e. The Morgan fingerprint density at radius 2 is 2.11 bits per heavy atom. The van der Waals surface area contributed by atoms with Crippen LogP contribution < -0.4 is 10.6 Å². The number of carbonyl (C=O) groups excluding carboxylic acids is 1. The molecule has 1 aliphatic carbocycles. The maximum atomic E-state index is 14.0. The minimum Gasteiger partial charge on any atom is -0.317 e. The molecule has 9 heteroatoms. The molecule has 2 fully saturated rings. The number of nitrogens with one attached hydrogen (secondary N) is 2. The number of carbonyl (C=O) groups is 1. The van der Waals surface area contributed by atoms with Crippen LogP contribution in [0.3, 0.4) is 0 Å². The zero-order valence-electron chi connectivity index (χ0n) is 14.9. The van der Waals surface area contributed by atoms with Crippen LogP contribution in [0.1, 0.15) is 42.5 Å². The summed E-state index contributed by atoms with van der Waals surface area (Å²) in [5.41, 5.74) is 0.433. The fraction of sp³-hybridized carbons (Fsp3) is 0.500. The Morgan fingerprint density at radius 3 is 2.81 bits per heavy atom. The highest BCUT2D eigenvalue weighted by atomic mass is 35.5. The Balaban J connectivity index is 0.00000210. The van der Waals surface area contributed by atoms with E-state index in [4.69, 9.17) is 11.6 Å². The molecule has 6 nitrogen and oxygen atoms in total. The summed E-state index contributed by atoms with van der Waals surface area (Å²) in [5.74, 6) is 0.539. The lowest BCUT2D eigenvalue weighted by atomic mass is 9.98. The van der Waals surface area contributed by atoms with E-state index in [1.807, 2.05) is 0 Å². The number of aryl methyl sites for hydroxylation is 1. The SMILES string of the molecule is Cl.Cn1nc(C2CCNCC2)nc1NC(=O)C1CC1c1c(F)cccc1Cl. The van der Waals surface area contributed by atoms with Gasteiger partial charge in [0.15, 0.2) is 5.82 Å². The number of piperidine rings is 1. The summed E-state index contributed by atoms with van der Waals surface area (Å²) >= 11 is 6.11. The van der Waals surface area contributed by atoms with Crippen molar-refractivity contribution in [3.63, 3.8) is 0 Å². The lowest BCUT2D eigenvalue weighted by Gasteiger charge is -2.19. The second-order valence-corrected chi connectivity index (χ2v) is 7.42.